The number of hydrogen-bond donors (Lipinski definition) is 1. The fourth-order valence-electron chi connectivity index (χ4n) is 3.60. The molecule has 6 heteroatoms. The Hall–Kier alpha value is -2.73. The van der Waals surface area contributed by atoms with Gasteiger partial charge < -0.3 is 14.9 Å². The van der Waals surface area contributed by atoms with E-state index in [1.807, 2.05) is 30.3 Å². The fraction of sp³-hybridized carbons (Fsp3) is 0.364. The van der Waals surface area contributed by atoms with E-state index in [-0.39, 0.29) is 18.2 Å². The van der Waals surface area contributed by atoms with E-state index >= 15 is 0 Å². The quantitative estimate of drug-likeness (QED) is 0.862. The number of benzene rings is 2. The summed E-state index contributed by atoms with van der Waals surface area (Å²) in [6.45, 7) is 4.76. The van der Waals surface area contributed by atoms with Gasteiger partial charge in [-0.15, -0.1) is 0 Å². The Morgan fingerprint density at radius 2 is 1.86 bits per heavy atom. The molecule has 1 fully saturated rings. The lowest BCUT2D eigenvalue weighted by Gasteiger charge is -2.46. The summed E-state index contributed by atoms with van der Waals surface area (Å²) in [5.74, 6) is -0.917. The average molecular weight is 384 g/mol. The van der Waals surface area contributed by atoms with E-state index in [1.54, 1.807) is 24.8 Å². The summed E-state index contributed by atoms with van der Waals surface area (Å²) in [5, 5.41) is 10.3. The van der Waals surface area contributed by atoms with E-state index in [0.29, 0.717) is 25.2 Å². The molecule has 0 aromatic heterocycles. The second kappa shape index (κ2) is 8.10. The predicted molar refractivity (Wildman–Crippen MR) is 104 cm³/mol. The predicted octanol–water partition coefficient (Wildman–Crippen LogP) is 2.90. The Balaban J connectivity index is 1.68. The normalized spacial score (nSPS) is 17.5. The molecule has 1 N–H and O–H groups in total. The van der Waals surface area contributed by atoms with Crippen molar-refractivity contribution in [2.45, 2.75) is 38.5 Å². The molecule has 2 amide bonds. The number of rotatable bonds is 5. The van der Waals surface area contributed by atoms with E-state index in [1.165, 1.54) is 23.1 Å². The van der Waals surface area contributed by atoms with Crippen molar-refractivity contribution >= 4 is 11.8 Å². The minimum absolute atomic E-state index is 0.129. The highest BCUT2D eigenvalue weighted by Gasteiger charge is 2.44. The van der Waals surface area contributed by atoms with Crippen molar-refractivity contribution in [3.05, 3.63) is 71.5 Å². The summed E-state index contributed by atoms with van der Waals surface area (Å²) in [4.78, 5) is 29.0. The largest absolute Gasteiger partial charge is 0.388 e. The Labute approximate surface area is 164 Å². The summed E-state index contributed by atoms with van der Waals surface area (Å²) in [6, 6.07) is 15.3. The van der Waals surface area contributed by atoms with Gasteiger partial charge in [0.05, 0.1) is 12.5 Å². The number of amides is 2. The zero-order valence-electron chi connectivity index (χ0n) is 16.1. The van der Waals surface area contributed by atoms with Gasteiger partial charge in [-0.2, -0.15) is 0 Å². The number of carbonyl (C=O) groups is 2. The molecule has 2 aromatic carbocycles. The highest BCUT2D eigenvalue weighted by atomic mass is 19.1. The lowest BCUT2D eigenvalue weighted by molar-refractivity contribution is -0.160. The number of piperazine rings is 1. The van der Waals surface area contributed by atoms with Gasteiger partial charge in [0.15, 0.2) is 0 Å². The first-order valence-corrected chi connectivity index (χ1v) is 9.36. The molecule has 0 spiro atoms. The molecule has 2 aromatic rings. The number of nitrogens with zero attached hydrogens (tertiary/aromatic N) is 2. The monoisotopic (exact) mass is 384 g/mol. The number of aliphatic hydroxyl groups excluding tert-OH is 1. The minimum atomic E-state index is -1.11. The molecular formula is C22H25FN2O3. The molecule has 1 saturated heterocycles. The van der Waals surface area contributed by atoms with Crippen LogP contribution in [0.4, 0.5) is 4.39 Å². The topological polar surface area (TPSA) is 60.9 Å². The zero-order chi connectivity index (χ0) is 20.3. The van der Waals surface area contributed by atoms with Crippen molar-refractivity contribution in [3.8, 4) is 0 Å². The highest BCUT2D eigenvalue weighted by Crippen LogP contribution is 2.27. The second-order valence-corrected chi connectivity index (χ2v) is 7.59. The first-order chi connectivity index (χ1) is 13.3. The third-order valence-electron chi connectivity index (χ3n) is 5.20. The van der Waals surface area contributed by atoms with Crippen LogP contribution in [0.15, 0.2) is 54.6 Å². The number of halogens is 1. The molecular weight excluding hydrogens is 359 g/mol. The lowest BCUT2D eigenvalue weighted by atomic mass is 9.95. The third-order valence-corrected chi connectivity index (χ3v) is 5.20. The van der Waals surface area contributed by atoms with Crippen LogP contribution in [0.2, 0.25) is 0 Å². The third kappa shape index (κ3) is 4.22. The van der Waals surface area contributed by atoms with Crippen molar-refractivity contribution in [2.24, 2.45) is 0 Å². The standard InChI is InChI=1S/C22H25FN2O3/c1-22(2)21(28)24(15-16-7-4-3-5-8-16)11-12-25(22)20(27)14-19(26)17-9-6-10-18(23)13-17/h3-10,13,19,26H,11-12,14-15H2,1-2H3/t19-/m0/s1. The first kappa shape index (κ1) is 20.0. The molecule has 1 atom stereocenters. The maximum absolute atomic E-state index is 13.4. The van der Waals surface area contributed by atoms with Crippen LogP contribution in [-0.2, 0) is 16.1 Å². The molecule has 148 valence electrons. The van der Waals surface area contributed by atoms with E-state index < -0.39 is 17.5 Å². The van der Waals surface area contributed by atoms with E-state index in [4.69, 9.17) is 0 Å². The molecule has 1 aliphatic rings. The van der Waals surface area contributed by atoms with E-state index in [2.05, 4.69) is 0 Å². The maximum atomic E-state index is 13.4. The van der Waals surface area contributed by atoms with Gasteiger partial charge in [-0.1, -0.05) is 42.5 Å². The van der Waals surface area contributed by atoms with Crippen molar-refractivity contribution in [1.82, 2.24) is 9.80 Å². The van der Waals surface area contributed by atoms with Gasteiger partial charge in [0.2, 0.25) is 11.8 Å². The van der Waals surface area contributed by atoms with Crippen molar-refractivity contribution in [2.75, 3.05) is 13.1 Å². The molecule has 5 nitrogen and oxygen atoms in total. The van der Waals surface area contributed by atoms with Crippen molar-refractivity contribution in [3.63, 3.8) is 0 Å². The summed E-state index contributed by atoms with van der Waals surface area (Å²) < 4.78 is 13.4. The van der Waals surface area contributed by atoms with Crippen LogP contribution in [-0.4, -0.2) is 45.3 Å². The molecule has 1 heterocycles. The second-order valence-electron chi connectivity index (χ2n) is 7.59. The van der Waals surface area contributed by atoms with Crippen LogP contribution >= 0.6 is 0 Å². The van der Waals surface area contributed by atoms with Gasteiger partial charge in [0, 0.05) is 19.6 Å². The lowest BCUT2D eigenvalue weighted by Crippen LogP contribution is -2.64. The molecule has 0 saturated carbocycles. The van der Waals surface area contributed by atoms with Crippen molar-refractivity contribution in [1.29, 1.82) is 0 Å². The summed E-state index contributed by atoms with van der Waals surface area (Å²) in [6.07, 6.45) is -1.31. The Bertz CT molecular complexity index is 854. The number of aliphatic hydroxyl groups is 1. The number of carbonyl (C=O) groups excluding carboxylic acids is 2. The first-order valence-electron chi connectivity index (χ1n) is 9.36. The van der Waals surface area contributed by atoms with Crippen LogP contribution in [0.1, 0.15) is 37.5 Å². The molecule has 0 unspecified atom stereocenters. The van der Waals surface area contributed by atoms with Gasteiger partial charge in [-0.05, 0) is 37.1 Å². The van der Waals surface area contributed by atoms with Gasteiger partial charge in [-0.25, -0.2) is 4.39 Å². The van der Waals surface area contributed by atoms with Crippen molar-refractivity contribution < 1.29 is 19.1 Å². The molecule has 3 rings (SSSR count). The van der Waals surface area contributed by atoms with E-state index in [9.17, 15) is 19.1 Å². The molecule has 1 aliphatic heterocycles. The van der Waals surface area contributed by atoms with Crippen LogP contribution in [0, 0.1) is 5.82 Å². The Morgan fingerprint density at radius 1 is 1.14 bits per heavy atom. The molecule has 0 aliphatic carbocycles. The van der Waals surface area contributed by atoms with Crippen LogP contribution in [0.3, 0.4) is 0 Å². The van der Waals surface area contributed by atoms with E-state index in [0.717, 1.165) is 5.56 Å². The smallest absolute Gasteiger partial charge is 0.248 e. The molecule has 28 heavy (non-hydrogen) atoms. The summed E-state index contributed by atoms with van der Waals surface area (Å²) >= 11 is 0. The maximum Gasteiger partial charge on any atom is 0.248 e. The SMILES string of the molecule is CC1(C)C(=O)N(Cc2ccccc2)CCN1C(=O)C[C@H](O)c1cccc(F)c1. The Kier molecular flexibility index (Phi) is 5.79. The molecule has 0 radical (unpaired) electrons. The van der Waals surface area contributed by atoms with Crippen LogP contribution in [0.25, 0.3) is 0 Å². The highest BCUT2D eigenvalue weighted by molar-refractivity contribution is 5.92. The van der Waals surface area contributed by atoms with Crippen LogP contribution in [0.5, 0.6) is 0 Å². The van der Waals surface area contributed by atoms with Gasteiger partial charge in [0.25, 0.3) is 0 Å². The fourth-order valence-corrected chi connectivity index (χ4v) is 3.60. The number of hydrogen-bond acceptors (Lipinski definition) is 3. The minimum Gasteiger partial charge on any atom is -0.388 e. The zero-order valence-corrected chi connectivity index (χ0v) is 16.1. The van der Waals surface area contributed by atoms with Crippen LogP contribution < -0.4 is 0 Å². The van der Waals surface area contributed by atoms with Gasteiger partial charge >= 0.3 is 0 Å². The Morgan fingerprint density at radius 3 is 2.54 bits per heavy atom. The molecule has 0 bridgehead atoms. The summed E-state index contributed by atoms with van der Waals surface area (Å²) in [7, 11) is 0. The average Bonchev–Trinajstić information content (AvgIpc) is 2.66. The van der Waals surface area contributed by atoms with Gasteiger partial charge in [0.1, 0.15) is 11.4 Å². The van der Waals surface area contributed by atoms with Gasteiger partial charge in [-0.3, -0.25) is 9.59 Å². The summed E-state index contributed by atoms with van der Waals surface area (Å²) in [5.41, 5.74) is 0.374.